The first-order valence-corrected chi connectivity index (χ1v) is 5.42. The fourth-order valence-corrected chi connectivity index (χ4v) is 1.57. The molecule has 7 heteroatoms. The zero-order valence-corrected chi connectivity index (χ0v) is 10.3. The van der Waals surface area contributed by atoms with Crippen LogP contribution < -0.4 is 10.1 Å². The van der Waals surface area contributed by atoms with Crippen LogP contribution in [0.1, 0.15) is 6.42 Å². The van der Waals surface area contributed by atoms with Crippen molar-refractivity contribution < 1.29 is 19.6 Å². The molecule has 0 spiro atoms. The zero-order chi connectivity index (χ0) is 14.4. The Labute approximate surface area is 109 Å². The molecule has 0 bridgehead atoms. The molecule has 102 valence electrons. The fourth-order valence-electron chi connectivity index (χ4n) is 1.57. The Morgan fingerprint density at radius 3 is 2.84 bits per heavy atom. The number of carbonyl (C=O) groups is 1. The summed E-state index contributed by atoms with van der Waals surface area (Å²) in [5.74, 6) is -1.05. The molecule has 0 aliphatic heterocycles. The lowest BCUT2D eigenvalue weighted by Gasteiger charge is -2.14. The Kier molecular flexibility index (Phi) is 4.87. The van der Waals surface area contributed by atoms with Gasteiger partial charge in [0.05, 0.1) is 12.0 Å². The average Bonchev–Trinajstić information content (AvgIpc) is 2.37. The number of carboxylic acids is 1. The number of rotatable bonds is 7. The number of para-hydroxylation sites is 1. The second-order valence-corrected chi connectivity index (χ2v) is 3.67. The molecule has 0 heterocycles. The summed E-state index contributed by atoms with van der Waals surface area (Å²) in [7, 11) is 1.31. The molecule has 0 fully saturated rings. The van der Waals surface area contributed by atoms with Crippen LogP contribution in [0.25, 0.3) is 0 Å². The molecule has 1 rings (SSSR count). The van der Waals surface area contributed by atoms with Gasteiger partial charge in [0, 0.05) is 0 Å². The molecule has 1 atom stereocenters. The maximum Gasteiger partial charge on any atom is 0.333 e. The van der Waals surface area contributed by atoms with Crippen LogP contribution in [0, 0.1) is 10.1 Å². The molecule has 0 aromatic heterocycles. The molecular formula is C12H14N2O5. The number of nitro groups is 1. The van der Waals surface area contributed by atoms with Crippen LogP contribution >= 0.6 is 0 Å². The fraction of sp³-hybridized carbons (Fsp3) is 0.250. The molecule has 0 aliphatic rings. The second kappa shape index (κ2) is 6.39. The van der Waals surface area contributed by atoms with Gasteiger partial charge in [-0.1, -0.05) is 12.1 Å². The summed E-state index contributed by atoms with van der Waals surface area (Å²) in [6.45, 7) is 3.45. The van der Waals surface area contributed by atoms with Gasteiger partial charge in [-0.2, -0.15) is 0 Å². The highest BCUT2D eigenvalue weighted by atomic mass is 16.6. The number of methoxy groups -OCH3 is 1. The summed E-state index contributed by atoms with van der Waals surface area (Å²) in [5, 5.41) is 22.7. The molecule has 0 saturated carbocycles. The van der Waals surface area contributed by atoms with Gasteiger partial charge in [-0.25, -0.2) is 4.79 Å². The third-order valence-electron chi connectivity index (χ3n) is 2.43. The van der Waals surface area contributed by atoms with E-state index in [4.69, 9.17) is 9.84 Å². The van der Waals surface area contributed by atoms with E-state index >= 15 is 0 Å². The van der Waals surface area contributed by atoms with Gasteiger partial charge in [0.1, 0.15) is 11.7 Å². The number of hydrogen-bond acceptors (Lipinski definition) is 5. The summed E-state index contributed by atoms with van der Waals surface area (Å²) in [4.78, 5) is 21.4. The van der Waals surface area contributed by atoms with E-state index in [1.165, 1.54) is 25.3 Å². The summed E-state index contributed by atoms with van der Waals surface area (Å²) in [5.41, 5.74) is -0.195. The Hall–Kier alpha value is -2.57. The first kappa shape index (κ1) is 14.5. The van der Waals surface area contributed by atoms with Gasteiger partial charge in [-0.05, 0) is 18.6 Å². The summed E-state index contributed by atoms with van der Waals surface area (Å²) in [6.07, 6.45) is 1.57. The number of anilines is 1. The molecule has 19 heavy (non-hydrogen) atoms. The highest BCUT2D eigenvalue weighted by Gasteiger charge is 2.24. The van der Waals surface area contributed by atoms with E-state index in [9.17, 15) is 14.9 Å². The maximum atomic E-state index is 11.0. The smallest absolute Gasteiger partial charge is 0.333 e. The molecule has 0 saturated heterocycles. The Morgan fingerprint density at radius 1 is 1.68 bits per heavy atom. The van der Waals surface area contributed by atoms with E-state index in [2.05, 4.69) is 11.9 Å². The number of ether oxygens (including phenoxy) is 1. The van der Waals surface area contributed by atoms with Crippen molar-refractivity contribution in [1.82, 2.24) is 0 Å². The van der Waals surface area contributed by atoms with E-state index in [1.807, 2.05) is 0 Å². The second-order valence-electron chi connectivity index (χ2n) is 3.67. The zero-order valence-electron chi connectivity index (χ0n) is 10.3. The lowest BCUT2D eigenvalue weighted by molar-refractivity contribution is -0.384. The van der Waals surface area contributed by atoms with Gasteiger partial charge in [0.2, 0.25) is 0 Å². The van der Waals surface area contributed by atoms with Crippen LogP contribution in [0.3, 0.4) is 0 Å². The normalized spacial score (nSPS) is 11.4. The van der Waals surface area contributed by atoms with Gasteiger partial charge >= 0.3 is 11.7 Å². The van der Waals surface area contributed by atoms with E-state index in [0.717, 1.165) is 0 Å². The van der Waals surface area contributed by atoms with Crippen LogP contribution in [-0.4, -0.2) is 29.2 Å². The van der Waals surface area contributed by atoms with E-state index in [0.29, 0.717) is 0 Å². The molecule has 7 nitrogen and oxygen atoms in total. The van der Waals surface area contributed by atoms with Gasteiger partial charge in [0.25, 0.3) is 0 Å². The Bertz CT molecular complexity index is 501. The number of nitrogens with one attached hydrogen (secondary N) is 1. The highest BCUT2D eigenvalue weighted by Crippen LogP contribution is 2.34. The van der Waals surface area contributed by atoms with Crippen molar-refractivity contribution in [1.29, 1.82) is 0 Å². The molecular weight excluding hydrogens is 252 g/mol. The maximum absolute atomic E-state index is 11.0. The molecule has 1 aromatic carbocycles. The van der Waals surface area contributed by atoms with Crippen molar-refractivity contribution in [2.24, 2.45) is 0 Å². The van der Waals surface area contributed by atoms with E-state index in [1.54, 1.807) is 6.07 Å². The lowest BCUT2D eigenvalue weighted by Crippen LogP contribution is -2.28. The number of carboxylic acid groups (broad SMARTS) is 1. The van der Waals surface area contributed by atoms with Crippen LogP contribution in [0.15, 0.2) is 30.9 Å². The van der Waals surface area contributed by atoms with Gasteiger partial charge in [0.15, 0.2) is 5.75 Å². The Morgan fingerprint density at radius 2 is 2.37 bits per heavy atom. The average molecular weight is 266 g/mol. The van der Waals surface area contributed by atoms with Crippen LogP contribution in [0.4, 0.5) is 11.4 Å². The summed E-state index contributed by atoms with van der Waals surface area (Å²) in [6, 6.07) is 3.43. The first-order valence-electron chi connectivity index (χ1n) is 5.42. The van der Waals surface area contributed by atoms with Crippen molar-refractivity contribution in [3.05, 3.63) is 41.0 Å². The predicted octanol–water partition coefficient (Wildman–Crippen LogP) is 2.04. The SMILES string of the molecule is C=CCC(Nc1cccc(OC)c1[N+](=O)[O-])C(=O)O. The number of nitrogens with zero attached hydrogens (tertiary/aromatic N) is 1. The van der Waals surface area contributed by atoms with E-state index in [-0.39, 0.29) is 23.5 Å². The molecule has 1 unspecified atom stereocenters. The quantitative estimate of drug-likeness (QED) is 0.445. The molecule has 0 aliphatic carbocycles. The first-order chi connectivity index (χ1) is 9.01. The van der Waals surface area contributed by atoms with Crippen LogP contribution in [0.2, 0.25) is 0 Å². The van der Waals surface area contributed by atoms with Crippen molar-refractivity contribution in [3.63, 3.8) is 0 Å². The topological polar surface area (TPSA) is 102 Å². The predicted molar refractivity (Wildman–Crippen MR) is 69.5 cm³/mol. The number of nitro benzene ring substituents is 1. The minimum Gasteiger partial charge on any atom is -0.490 e. The molecule has 2 N–H and O–H groups in total. The Balaban J connectivity index is 3.15. The van der Waals surface area contributed by atoms with Crippen LogP contribution in [0.5, 0.6) is 5.75 Å². The standard InChI is InChI=1S/C12H14N2O5/c1-3-5-9(12(15)16)13-8-6-4-7-10(19-2)11(8)14(17)18/h3-4,6-7,9,13H,1,5H2,2H3,(H,15,16). The monoisotopic (exact) mass is 266 g/mol. The van der Waals surface area contributed by atoms with Crippen molar-refractivity contribution in [3.8, 4) is 5.75 Å². The van der Waals surface area contributed by atoms with E-state index < -0.39 is 16.9 Å². The van der Waals surface area contributed by atoms with Gasteiger partial charge in [-0.3, -0.25) is 10.1 Å². The summed E-state index contributed by atoms with van der Waals surface area (Å²) >= 11 is 0. The highest BCUT2D eigenvalue weighted by molar-refractivity contribution is 5.80. The number of benzene rings is 1. The summed E-state index contributed by atoms with van der Waals surface area (Å²) < 4.78 is 4.90. The van der Waals surface area contributed by atoms with Gasteiger partial charge < -0.3 is 15.2 Å². The van der Waals surface area contributed by atoms with Crippen molar-refractivity contribution in [2.75, 3.05) is 12.4 Å². The van der Waals surface area contributed by atoms with Crippen LogP contribution in [-0.2, 0) is 4.79 Å². The molecule has 1 aromatic rings. The number of hydrogen-bond donors (Lipinski definition) is 2. The lowest BCUT2D eigenvalue weighted by atomic mass is 10.1. The molecule has 0 amide bonds. The van der Waals surface area contributed by atoms with Crippen molar-refractivity contribution in [2.45, 2.75) is 12.5 Å². The third kappa shape index (κ3) is 3.44. The number of aliphatic carboxylic acids is 1. The minimum atomic E-state index is -1.11. The minimum absolute atomic E-state index is 0.0674. The molecule has 0 radical (unpaired) electrons. The van der Waals surface area contributed by atoms with Gasteiger partial charge in [-0.15, -0.1) is 6.58 Å². The van der Waals surface area contributed by atoms with Crippen molar-refractivity contribution >= 4 is 17.3 Å². The largest absolute Gasteiger partial charge is 0.490 e. The third-order valence-corrected chi connectivity index (χ3v) is 2.43.